The zero-order chi connectivity index (χ0) is 17.0. The van der Waals surface area contributed by atoms with Gasteiger partial charge in [-0.2, -0.15) is 0 Å². The zero-order valence-electron chi connectivity index (χ0n) is 13.8. The van der Waals surface area contributed by atoms with Gasteiger partial charge in [0.05, 0.1) is 0 Å². The van der Waals surface area contributed by atoms with Crippen molar-refractivity contribution in [2.75, 3.05) is 30.9 Å². The van der Waals surface area contributed by atoms with E-state index >= 15 is 0 Å². The van der Waals surface area contributed by atoms with E-state index in [1.54, 1.807) is 0 Å². The first kappa shape index (κ1) is 17.3. The molecule has 0 bridgehead atoms. The minimum Gasteiger partial charge on any atom is -0.484 e. The number of nitrogens with one attached hydrogen (secondary N) is 1. The van der Waals surface area contributed by atoms with Crippen molar-refractivity contribution in [1.82, 2.24) is 0 Å². The molecule has 0 aliphatic carbocycles. The number of rotatable bonds is 5. The average molecular weight is 377 g/mol. The number of aryl methyl sites for hydroxylation is 2. The van der Waals surface area contributed by atoms with Crippen LogP contribution < -0.4 is 15.0 Å². The van der Waals surface area contributed by atoms with Crippen LogP contribution in [0.15, 0.2) is 40.9 Å². The summed E-state index contributed by atoms with van der Waals surface area (Å²) in [6, 6.07) is 11.5. The highest BCUT2D eigenvalue weighted by atomic mass is 79.9. The summed E-state index contributed by atoms with van der Waals surface area (Å²) in [5.41, 5.74) is 4.01. The number of carbonyl (C=O) groups is 1. The molecule has 0 unspecified atom stereocenters. The van der Waals surface area contributed by atoms with Crippen molar-refractivity contribution in [3.63, 3.8) is 0 Å². The number of anilines is 2. The molecule has 0 radical (unpaired) electrons. The molecule has 2 aromatic rings. The first-order valence-corrected chi connectivity index (χ1v) is 8.13. The van der Waals surface area contributed by atoms with E-state index in [9.17, 15) is 4.79 Å². The molecule has 1 N–H and O–H groups in total. The molecule has 0 fully saturated rings. The SMILES string of the molecule is Cc1cc(OCC(=O)Nc2ccc(N(C)C)cc2)cc(C)c1Br. The predicted octanol–water partition coefficient (Wildman–Crippen LogP) is 4.15. The van der Waals surface area contributed by atoms with Gasteiger partial charge in [0.15, 0.2) is 6.61 Å². The molecule has 0 heterocycles. The van der Waals surface area contributed by atoms with Crippen LogP contribution in [0.25, 0.3) is 0 Å². The van der Waals surface area contributed by atoms with Gasteiger partial charge in [0.1, 0.15) is 5.75 Å². The Balaban J connectivity index is 1.92. The van der Waals surface area contributed by atoms with Gasteiger partial charge in [-0.05, 0) is 61.4 Å². The number of carbonyl (C=O) groups excluding carboxylic acids is 1. The molecule has 2 rings (SSSR count). The van der Waals surface area contributed by atoms with Gasteiger partial charge >= 0.3 is 0 Å². The average Bonchev–Trinajstić information content (AvgIpc) is 2.51. The summed E-state index contributed by atoms with van der Waals surface area (Å²) in [5.74, 6) is 0.516. The summed E-state index contributed by atoms with van der Waals surface area (Å²) < 4.78 is 6.64. The molecule has 0 saturated heterocycles. The normalized spacial score (nSPS) is 10.3. The summed E-state index contributed by atoms with van der Waals surface area (Å²) in [6.07, 6.45) is 0. The second-order valence-electron chi connectivity index (χ2n) is 5.65. The van der Waals surface area contributed by atoms with Crippen molar-refractivity contribution in [2.45, 2.75) is 13.8 Å². The van der Waals surface area contributed by atoms with Gasteiger partial charge in [-0.1, -0.05) is 15.9 Å². The van der Waals surface area contributed by atoms with Gasteiger partial charge in [-0.3, -0.25) is 4.79 Å². The molecule has 23 heavy (non-hydrogen) atoms. The first-order chi connectivity index (χ1) is 10.9. The van der Waals surface area contributed by atoms with Crippen molar-refractivity contribution in [3.05, 3.63) is 52.0 Å². The molecule has 1 amide bonds. The van der Waals surface area contributed by atoms with Gasteiger partial charge in [-0.25, -0.2) is 0 Å². The molecular weight excluding hydrogens is 356 g/mol. The van der Waals surface area contributed by atoms with Crippen LogP contribution in [-0.4, -0.2) is 26.6 Å². The Kier molecular flexibility index (Phi) is 5.66. The first-order valence-electron chi connectivity index (χ1n) is 7.33. The third-order valence-corrected chi connectivity index (χ3v) is 4.70. The maximum Gasteiger partial charge on any atom is 0.262 e. The molecular formula is C18H21BrN2O2. The fourth-order valence-corrected chi connectivity index (χ4v) is 2.41. The Morgan fingerprint density at radius 1 is 1.13 bits per heavy atom. The van der Waals surface area contributed by atoms with Gasteiger partial charge in [0.25, 0.3) is 5.91 Å². The monoisotopic (exact) mass is 376 g/mol. The number of hydrogen-bond acceptors (Lipinski definition) is 3. The number of hydrogen-bond donors (Lipinski definition) is 1. The standard InChI is InChI=1S/C18H21BrN2O2/c1-12-9-16(10-13(2)18(12)19)23-11-17(22)20-14-5-7-15(8-6-14)21(3)4/h5-10H,11H2,1-4H3,(H,20,22). The van der Waals surface area contributed by atoms with E-state index in [0.717, 1.165) is 27.0 Å². The fourth-order valence-electron chi connectivity index (χ4n) is 2.18. The minimum absolute atomic E-state index is 0.0179. The lowest BCUT2D eigenvalue weighted by atomic mass is 10.1. The number of ether oxygens (including phenoxy) is 1. The molecule has 2 aromatic carbocycles. The molecule has 5 heteroatoms. The van der Waals surface area contributed by atoms with Crippen molar-refractivity contribution < 1.29 is 9.53 Å². The van der Waals surface area contributed by atoms with Crippen LogP contribution >= 0.6 is 15.9 Å². The number of benzene rings is 2. The third-order valence-electron chi connectivity index (χ3n) is 3.45. The summed E-state index contributed by atoms with van der Waals surface area (Å²) >= 11 is 3.52. The van der Waals surface area contributed by atoms with Crippen LogP contribution in [0, 0.1) is 13.8 Å². The molecule has 0 saturated carbocycles. The van der Waals surface area contributed by atoms with Crippen LogP contribution in [0.3, 0.4) is 0 Å². The third kappa shape index (κ3) is 4.73. The van der Waals surface area contributed by atoms with E-state index in [-0.39, 0.29) is 12.5 Å². The summed E-state index contributed by atoms with van der Waals surface area (Å²) in [4.78, 5) is 14.0. The lowest BCUT2D eigenvalue weighted by Crippen LogP contribution is -2.20. The van der Waals surface area contributed by atoms with Crippen LogP contribution in [0.1, 0.15) is 11.1 Å². The Morgan fingerprint density at radius 2 is 1.70 bits per heavy atom. The second kappa shape index (κ2) is 7.51. The lowest BCUT2D eigenvalue weighted by molar-refractivity contribution is -0.118. The zero-order valence-corrected chi connectivity index (χ0v) is 15.4. The maximum absolute atomic E-state index is 12.0. The van der Waals surface area contributed by atoms with E-state index < -0.39 is 0 Å². The second-order valence-corrected chi connectivity index (χ2v) is 6.44. The number of nitrogens with zero attached hydrogens (tertiary/aromatic N) is 1. The number of amides is 1. The molecule has 0 aliphatic rings. The number of halogens is 1. The van der Waals surface area contributed by atoms with Crippen molar-refractivity contribution in [1.29, 1.82) is 0 Å². The molecule has 0 aromatic heterocycles. The Hall–Kier alpha value is -2.01. The Bertz CT molecular complexity index is 674. The predicted molar refractivity (Wildman–Crippen MR) is 98.5 cm³/mol. The molecule has 0 spiro atoms. The summed E-state index contributed by atoms with van der Waals surface area (Å²) in [5, 5.41) is 2.83. The van der Waals surface area contributed by atoms with Crippen molar-refractivity contribution in [3.8, 4) is 5.75 Å². The van der Waals surface area contributed by atoms with E-state index in [1.165, 1.54) is 0 Å². The fraction of sp³-hybridized carbons (Fsp3) is 0.278. The van der Waals surface area contributed by atoms with Crippen LogP contribution in [-0.2, 0) is 4.79 Å². The van der Waals surface area contributed by atoms with Gasteiger partial charge < -0.3 is 15.0 Å². The van der Waals surface area contributed by atoms with E-state index in [4.69, 9.17) is 4.74 Å². The van der Waals surface area contributed by atoms with Gasteiger partial charge in [0, 0.05) is 29.9 Å². The highest BCUT2D eigenvalue weighted by molar-refractivity contribution is 9.10. The van der Waals surface area contributed by atoms with E-state index in [1.807, 2.05) is 69.2 Å². The van der Waals surface area contributed by atoms with E-state index in [0.29, 0.717) is 5.75 Å². The van der Waals surface area contributed by atoms with E-state index in [2.05, 4.69) is 21.2 Å². The summed E-state index contributed by atoms with van der Waals surface area (Å²) in [6.45, 7) is 3.97. The quantitative estimate of drug-likeness (QED) is 0.851. The Labute approximate surface area is 145 Å². The van der Waals surface area contributed by atoms with Crippen molar-refractivity contribution >= 4 is 33.2 Å². The molecule has 0 aliphatic heterocycles. The smallest absolute Gasteiger partial charge is 0.262 e. The van der Waals surface area contributed by atoms with Gasteiger partial charge in [-0.15, -0.1) is 0 Å². The largest absolute Gasteiger partial charge is 0.484 e. The van der Waals surface area contributed by atoms with Crippen molar-refractivity contribution in [2.24, 2.45) is 0 Å². The highest BCUT2D eigenvalue weighted by Gasteiger charge is 2.07. The highest BCUT2D eigenvalue weighted by Crippen LogP contribution is 2.26. The lowest BCUT2D eigenvalue weighted by Gasteiger charge is -2.13. The Morgan fingerprint density at radius 3 is 2.22 bits per heavy atom. The van der Waals surface area contributed by atoms with Gasteiger partial charge in [0.2, 0.25) is 0 Å². The maximum atomic E-state index is 12.0. The molecule has 0 atom stereocenters. The minimum atomic E-state index is -0.180. The van der Waals surface area contributed by atoms with Crippen LogP contribution in [0.5, 0.6) is 5.75 Å². The molecule has 122 valence electrons. The molecule has 4 nitrogen and oxygen atoms in total. The van der Waals surface area contributed by atoms with Crippen LogP contribution in [0.2, 0.25) is 0 Å². The van der Waals surface area contributed by atoms with Crippen LogP contribution in [0.4, 0.5) is 11.4 Å². The topological polar surface area (TPSA) is 41.6 Å². The summed E-state index contributed by atoms with van der Waals surface area (Å²) in [7, 11) is 3.95.